The second-order valence-corrected chi connectivity index (χ2v) is 6.32. The first kappa shape index (κ1) is 17.2. The molecule has 134 valence electrons. The number of pyridine rings is 1. The predicted octanol–water partition coefficient (Wildman–Crippen LogP) is 3.07. The van der Waals surface area contributed by atoms with E-state index in [1.807, 2.05) is 20.0 Å². The molecule has 1 N–H and O–H groups in total. The number of hydrogen-bond donors (Lipinski definition) is 1. The van der Waals surface area contributed by atoms with E-state index in [9.17, 15) is 9.18 Å². The van der Waals surface area contributed by atoms with E-state index in [0.29, 0.717) is 18.9 Å². The Balaban J connectivity index is 1.58. The number of aromatic nitrogens is 3. The third-order valence-corrected chi connectivity index (χ3v) is 4.04. The highest BCUT2D eigenvalue weighted by molar-refractivity contribution is 5.88. The van der Waals surface area contributed by atoms with Crippen molar-refractivity contribution in [1.29, 1.82) is 0 Å². The van der Waals surface area contributed by atoms with Crippen LogP contribution >= 0.6 is 0 Å². The molecule has 7 nitrogen and oxygen atoms in total. The van der Waals surface area contributed by atoms with Crippen LogP contribution in [0.4, 0.5) is 15.0 Å². The van der Waals surface area contributed by atoms with Gasteiger partial charge in [-0.1, -0.05) is 0 Å². The Morgan fingerprint density at radius 2 is 2.28 bits per heavy atom. The van der Waals surface area contributed by atoms with E-state index in [4.69, 9.17) is 4.74 Å². The molecule has 0 saturated carbocycles. The minimum absolute atomic E-state index is 0.0227. The van der Waals surface area contributed by atoms with Gasteiger partial charge in [0.25, 0.3) is 5.88 Å². The molecule has 2 aromatic rings. The molecule has 0 radical (unpaired) electrons. The number of carbonyl (C=O) groups excluding carboxylic acids is 1. The summed E-state index contributed by atoms with van der Waals surface area (Å²) in [5, 5.41) is 7.10. The van der Waals surface area contributed by atoms with Crippen molar-refractivity contribution >= 4 is 11.8 Å². The van der Waals surface area contributed by atoms with Crippen LogP contribution in [0, 0.1) is 5.82 Å². The summed E-state index contributed by atoms with van der Waals surface area (Å²) in [6.07, 6.45) is 4.56. The third-order valence-electron chi connectivity index (χ3n) is 4.04. The lowest BCUT2D eigenvalue weighted by Gasteiger charge is -2.32. The summed E-state index contributed by atoms with van der Waals surface area (Å²) in [5.74, 6) is -0.00810. The SMILES string of the molecule is CC(C)n1ccc(NC(=O)N2CCC[C@@H](Oc3ncccc3F)C2)n1. The fraction of sp³-hybridized carbons (Fsp3) is 0.471. The van der Waals surface area contributed by atoms with Crippen LogP contribution in [0.2, 0.25) is 0 Å². The smallest absolute Gasteiger partial charge is 0.323 e. The van der Waals surface area contributed by atoms with E-state index in [2.05, 4.69) is 15.4 Å². The van der Waals surface area contributed by atoms with Crippen molar-refractivity contribution < 1.29 is 13.9 Å². The van der Waals surface area contributed by atoms with Crippen LogP contribution in [0.3, 0.4) is 0 Å². The largest absolute Gasteiger partial charge is 0.470 e. The van der Waals surface area contributed by atoms with E-state index in [1.54, 1.807) is 15.6 Å². The lowest BCUT2D eigenvalue weighted by molar-refractivity contribution is 0.0986. The predicted molar refractivity (Wildman–Crippen MR) is 91.0 cm³/mol. The lowest BCUT2D eigenvalue weighted by Crippen LogP contribution is -2.46. The number of anilines is 1. The van der Waals surface area contributed by atoms with Crippen LogP contribution in [0.15, 0.2) is 30.6 Å². The van der Waals surface area contributed by atoms with Crippen molar-refractivity contribution in [1.82, 2.24) is 19.7 Å². The first-order chi connectivity index (χ1) is 12.0. The Kier molecular flexibility index (Phi) is 5.16. The molecule has 1 fully saturated rings. The average molecular weight is 347 g/mol. The minimum atomic E-state index is -0.497. The molecule has 1 atom stereocenters. The maximum atomic E-state index is 13.7. The highest BCUT2D eigenvalue weighted by Crippen LogP contribution is 2.19. The molecule has 0 unspecified atom stereocenters. The van der Waals surface area contributed by atoms with Crippen LogP contribution in [-0.2, 0) is 0 Å². The normalized spacial score (nSPS) is 17.6. The Bertz CT molecular complexity index is 733. The standard InChI is InChI=1S/C17H22FN5O2/c1-12(2)23-10-7-15(21-23)20-17(24)22-9-4-5-13(11-22)25-16-14(18)6-3-8-19-16/h3,6-8,10,12-13H,4-5,9,11H2,1-2H3,(H,20,21,24)/t13-/m1/s1. The molecule has 3 rings (SSSR count). The molecule has 0 bridgehead atoms. The summed E-state index contributed by atoms with van der Waals surface area (Å²) in [5.41, 5.74) is 0. The second kappa shape index (κ2) is 7.50. The summed E-state index contributed by atoms with van der Waals surface area (Å²) >= 11 is 0. The molecule has 3 heterocycles. The van der Waals surface area contributed by atoms with Crippen LogP contribution in [0.5, 0.6) is 5.88 Å². The summed E-state index contributed by atoms with van der Waals surface area (Å²) in [6.45, 7) is 5.04. The highest BCUT2D eigenvalue weighted by atomic mass is 19.1. The van der Waals surface area contributed by atoms with Crippen LogP contribution in [0.25, 0.3) is 0 Å². The van der Waals surface area contributed by atoms with Gasteiger partial charge in [0.2, 0.25) is 0 Å². The van der Waals surface area contributed by atoms with Crippen molar-refractivity contribution in [3.05, 3.63) is 36.4 Å². The Morgan fingerprint density at radius 1 is 1.44 bits per heavy atom. The Labute approximate surface area is 145 Å². The van der Waals surface area contributed by atoms with E-state index in [-0.39, 0.29) is 24.1 Å². The van der Waals surface area contributed by atoms with Crippen molar-refractivity contribution in [2.45, 2.75) is 38.8 Å². The number of nitrogens with one attached hydrogen (secondary N) is 1. The number of ether oxygens (including phenoxy) is 1. The minimum Gasteiger partial charge on any atom is -0.470 e. The Hall–Kier alpha value is -2.64. The van der Waals surface area contributed by atoms with Gasteiger partial charge in [0.15, 0.2) is 11.6 Å². The van der Waals surface area contributed by atoms with Crippen LogP contribution < -0.4 is 10.1 Å². The molecule has 2 aromatic heterocycles. The van der Waals surface area contributed by atoms with Gasteiger partial charge in [0, 0.05) is 31.0 Å². The molecule has 0 spiro atoms. The Morgan fingerprint density at radius 3 is 3.00 bits per heavy atom. The molecule has 0 aliphatic carbocycles. The fourth-order valence-electron chi connectivity index (χ4n) is 2.72. The van der Waals surface area contributed by atoms with Crippen molar-refractivity contribution in [2.24, 2.45) is 0 Å². The van der Waals surface area contributed by atoms with Gasteiger partial charge in [-0.3, -0.25) is 10.00 Å². The summed E-state index contributed by atoms with van der Waals surface area (Å²) in [6, 6.07) is 4.58. The number of amides is 2. The second-order valence-electron chi connectivity index (χ2n) is 6.32. The summed E-state index contributed by atoms with van der Waals surface area (Å²) < 4.78 is 21.1. The monoisotopic (exact) mass is 347 g/mol. The van der Waals surface area contributed by atoms with Gasteiger partial charge < -0.3 is 9.64 Å². The fourth-order valence-corrected chi connectivity index (χ4v) is 2.72. The zero-order valence-corrected chi connectivity index (χ0v) is 14.4. The first-order valence-electron chi connectivity index (χ1n) is 8.41. The van der Waals surface area contributed by atoms with Crippen molar-refractivity contribution in [3.63, 3.8) is 0 Å². The number of urea groups is 1. The maximum Gasteiger partial charge on any atom is 0.323 e. The van der Waals surface area contributed by atoms with Crippen molar-refractivity contribution in [2.75, 3.05) is 18.4 Å². The van der Waals surface area contributed by atoms with Gasteiger partial charge in [-0.15, -0.1) is 0 Å². The molecular weight excluding hydrogens is 325 g/mol. The molecule has 1 aliphatic heterocycles. The molecular formula is C17H22FN5O2. The van der Waals surface area contributed by atoms with Gasteiger partial charge in [-0.25, -0.2) is 14.2 Å². The number of rotatable bonds is 4. The number of carbonyl (C=O) groups is 1. The summed E-state index contributed by atoms with van der Waals surface area (Å²) in [4.78, 5) is 18.0. The average Bonchev–Trinajstić information content (AvgIpc) is 3.06. The van der Waals surface area contributed by atoms with Crippen molar-refractivity contribution in [3.8, 4) is 5.88 Å². The van der Waals surface area contributed by atoms with Crippen LogP contribution in [-0.4, -0.2) is 44.9 Å². The van der Waals surface area contributed by atoms with E-state index in [0.717, 1.165) is 12.8 Å². The van der Waals surface area contributed by atoms with Crippen LogP contribution in [0.1, 0.15) is 32.7 Å². The molecule has 0 aromatic carbocycles. The van der Waals surface area contributed by atoms with E-state index >= 15 is 0 Å². The number of nitrogens with zero attached hydrogens (tertiary/aromatic N) is 4. The third kappa shape index (κ3) is 4.26. The summed E-state index contributed by atoms with van der Waals surface area (Å²) in [7, 11) is 0. The first-order valence-corrected chi connectivity index (χ1v) is 8.41. The number of halogens is 1. The zero-order chi connectivity index (χ0) is 17.8. The molecule has 1 saturated heterocycles. The topological polar surface area (TPSA) is 72.3 Å². The number of piperidine rings is 1. The number of likely N-dealkylation sites (tertiary alicyclic amines) is 1. The molecule has 1 aliphatic rings. The van der Waals surface area contributed by atoms with E-state index in [1.165, 1.54) is 18.3 Å². The highest BCUT2D eigenvalue weighted by Gasteiger charge is 2.26. The van der Waals surface area contributed by atoms with Gasteiger partial charge in [-0.2, -0.15) is 5.10 Å². The zero-order valence-electron chi connectivity index (χ0n) is 14.4. The molecule has 8 heteroatoms. The molecule has 2 amide bonds. The van der Waals surface area contributed by atoms with Gasteiger partial charge >= 0.3 is 6.03 Å². The van der Waals surface area contributed by atoms with Gasteiger partial charge in [0.1, 0.15) is 6.10 Å². The maximum absolute atomic E-state index is 13.7. The van der Waals surface area contributed by atoms with Gasteiger partial charge in [-0.05, 0) is 38.8 Å². The number of hydrogen-bond acceptors (Lipinski definition) is 4. The van der Waals surface area contributed by atoms with Gasteiger partial charge in [0.05, 0.1) is 6.54 Å². The van der Waals surface area contributed by atoms with E-state index < -0.39 is 5.82 Å². The quantitative estimate of drug-likeness (QED) is 0.922. The molecule has 25 heavy (non-hydrogen) atoms. The lowest BCUT2D eigenvalue weighted by atomic mass is 10.1.